The Hall–Kier alpha value is -12.7. The molecule has 21 atom stereocenters. The zero-order chi connectivity index (χ0) is 106. The van der Waals surface area contributed by atoms with Crippen LogP contribution in [0.1, 0.15) is 181 Å². The van der Waals surface area contributed by atoms with E-state index in [4.69, 9.17) is 78.8 Å². The number of nitrogens with one attached hydrogen (secondary N) is 5. The van der Waals surface area contributed by atoms with E-state index in [0.29, 0.717) is 19.3 Å². The maximum atomic E-state index is 15.3. The summed E-state index contributed by atoms with van der Waals surface area (Å²) in [5, 5.41) is 45.4. The lowest BCUT2D eigenvalue weighted by Gasteiger charge is -2.37. The number of ether oxygens (including phenoxy) is 10. The van der Waals surface area contributed by atoms with Gasteiger partial charge in [0.15, 0.2) is 74.2 Å². The molecular weight excluding hydrogens is 1950 g/mol. The third-order valence-corrected chi connectivity index (χ3v) is 25.1. The van der Waals surface area contributed by atoms with Crippen LogP contribution in [-0.4, -0.2) is 240 Å². The number of alkyl halides is 6. The number of methoxy groups -OCH3 is 2. The number of hydrogen-bond acceptors (Lipinski definition) is 33. The summed E-state index contributed by atoms with van der Waals surface area (Å²) in [6.45, 7) is 15.6. The first-order chi connectivity index (χ1) is 67.9. The molecule has 6 saturated heterocycles. The Labute approximate surface area is 816 Å². The number of nitrogens with zero attached hydrogens (tertiary/aromatic N) is 7. The van der Waals surface area contributed by atoms with Gasteiger partial charge in [-0.2, -0.15) is 5.26 Å². The maximum Gasteiger partial charge on any atom is 0.330 e. The van der Waals surface area contributed by atoms with Gasteiger partial charge in [-0.1, -0.05) is 82.3 Å². The minimum absolute atomic E-state index is 0.0101. The normalized spacial score (nSPS) is 24.8. The van der Waals surface area contributed by atoms with E-state index in [1.165, 1.54) is 25.4 Å². The number of esters is 4. The Balaban J connectivity index is 0.000000208. The molecule has 0 aliphatic carbocycles. The molecule has 51 heteroatoms. The van der Waals surface area contributed by atoms with E-state index in [-0.39, 0.29) is 63.0 Å². The van der Waals surface area contributed by atoms with Gasteiger partial charge in [0.05, 0.1) is 96.4 Å². The summed E-state index contributed by atoms with van der Waals surface area (Å²) in [5.41, 5.74) is -3.82. The van der Waals surface area contributed by atoms with Crippen molar-refractivity contribution in [2.24, 2.45) is 0 Å². The Morgan fingerprint density at radius 2 is 0.790 bits per heavy atom. The number of carbonyl (C=O) groups excluding carboxylic acids is 5. The number of halogens is 6. The molecule has 0 bridgehead atoms. The van der Waals surface area contributed by atoms with Crippen LogP contribution in [-0.2, 0) is 80.6 Å². The minimum Gasteiger partial charge on any atom is -0.497 e. The minimum atomic E-state index is -1.79. The quantitative estimate of drug-likeness (QED) is 0.00350. The largest absolute Gasteiger partial charge is 0.497 e. The molecule has 14 rings (SSSR count). The lowest BCUT2D eigenvalue weighted by Crippen LogP contribution is -2.40. The number of aromatic amines is 5. The van der Waals surface area contributed by atoms with Crippen LogP contribution in [0.4, 0.5) is 22.0 Å². The zero-order valence-electron chi connectivity index (χ0n) is 79.2. The number of carbonyl (C=O) groups is 6. The van der Waals surface area contributed by atoms with Gasteiger partial charge in [-0.3, -0.25) is 95.7 Å². The maximum absolute atomic E-state index is 15.3. The van der Waals surface area contributed by atoms with E-state index in [1.807, 2.05) is 137 Å². The van der Waals surface area contributed by atoms with Gasteiger partial charge in [0.25, 0.3) is 36.3 Å². The molecule has 780 valence electrons. The summed E-state index contributed by atoms with van der Waals surface area (Å²) in [6, 6.07) is 33.4. The highest BCUT2D eigenvalue weighted by Gasteiger charge is 2.53. The van der Waals surface area contributed by atoms with E-state index >= 15 is 4.39 Å². The van der Waals surface area contributed by atoms with Gasteiger partial charge < -0.3 is 81.6 Å². The molecule has 143 heavy (non-hydrogen) atoms. The Kier molecular flexibility index (Phi) is 44.2. The van der Waals surface area contributed by atoms with E-state index < -0.39 is 242 Å². The van der Waals surface area contributed by atoms with Crippen molar-refractivity contribution in [2.45, 2.75) is 273 Å². The van der Waals surface area contributed by atoms with Gasteiger partial charge in [-0.05, 0) is 101 Å². The summed E-state index contributed by atoms with van der Waals surface area (Å²) in [5.74, 6) is -2.22. The number of cyclic esters (lactones) is 2. The van der Waals surface area contributed by atoms with Crippen LogP contribution in [0, 0.1) is 11.3 Å². The molecule has 6 unspecified atom stereocenters. The molecule has 6 fully saturated rings. The number of carboxylic acid groups (broad SMARTS) is 1. The van der Waals surface area contributed by atoms with Gasteiger partial charge in [0, 0.05) is 79.8 Å². The number of aromatic nitrogens is 10. The van der Waals surface area contributed by atoms with Gasteiger partial charge in [0.1, 0.15) is 46.6 Å². The van der Waals surface area contributed by atoms with Crippen molar-refractivity contribution < 1.29 is 128 Å². The van der Waals surface area contributed by atoms with Crippen LogP contribution in [0.2, 0.25) is 0 Å². The van der Waals surface area contributed by atoms with Crippen LogP contribution in [0.25, 0.3) is 0 Å². The topological polar surface area (TPSA) is 595 Å². The fraction of sp³-hybridized carbons (Fsp3) is 0.511. The van der Waals surface area contributed by atoms with E-state index in [0.717, 1.165) is 93.9 Å². The molecule has 5 aromatic heterocycles. The highest BCUT2D eigenvalue weighted by molar-refractivity contribution is 7.44. The summed E-state index contributed by atoms with van der Waals surface area (Å²) in [4.78, 5) is 189. The first-order valence-corrected chi connectivity index (χ1v) is 46.6. The number of hydrogen-bond donors (Lipinski definition) is 9. The first kappa shape index (κ1) is 116. The average molecular weight is 2060 g/mol. The fourth-order valence-electron chi connectivity index (χ4n) is 15.1. The summed E-state index contributed by atoms with van der Waals surface area (Å²) in [7, 11) is 1.58. The van der Waals surface area contributed by atoms with Gasteiger partial charge in [-0.15, -0.1) is 11.6 Å². The van der Waals surface area contributed by atoms with Crippen molar-refractivity contribution >= 4 is 55.8 Å². The predicted octanol–water partition coefficient (Wildman–Crippen LogP) is 6.02. The number of benzene rings is 3. The lowest BCUT2D eigenvalue weighted by molar-refractivity contribution is -0.159. The second-order valence-corrected chi connectivity index (χ2v) is 34.9. The van der Waals surface area contributed by atoms with E-state index in [2.05, 4.69) is 9.72 Å². The smallest absolute Gasteiger partial charge is 0.330 e. The van der Waals surface area contributed by atoms with Crippen LogP contribution in [0.5, 0.6) is 11.5 Å². The highest BCUT2D eigenvalue weighted by Crippen LogP contribution is 2.52. The number of aliphatic hydroxyl groups is 3. The summed E-state index contributed by atoms with van der Waals surface area (Å²) in [6.07, 6.45) is -18.4. The molecule has 6 aliphatic rings. The Morgan fingerprint density at radius 3 is 1.08 bits per heavy atom. The number of aliphatic carboxylic acids is 1. The molecule has 11 heterocycles. The second-order valence-electron chi connectivity index (χ2n) is 32.9. The monoisotopic (exact) mass is 2060 g/mol. The molecule has 9 N–H and O–H groups in total. The molecule has 6 aliphatic heterocycles. The fourth-order valence-corrected chi connectivity index (χ4v) is 17.2. The van der Waals surface area contributed by atoms with Crippen molar-refractivity contribution in [3.63, 3.8) is 0 Å². The second kappa shape index (κ2) is 54.7. The van der Waals surface area contributed by atoms with Crippen LogP contribution < -0.4 is 65.7 Å². The number of nitriles is 1. The molecule has 44 nitrogen and oxygen atoms in total. The molecule has 0 saturated carbocycles. The number of carboxylic acids is 1. The van der Waals surface area contributed by atoms with Crippen molar-refractivity contribution in [3.8, 4) is 17.6 Å². The van der Waals surface area contributed by atoms with Gasteiger partial charge >= 0.3 is 58.3 Å². The van der Waals surface area contributed by atoms with Crippen LogP contribution in [0.15, 0.2) is 188 Å². The molecular formula is C92H113ClF5N12O32P. The van der Waals surface area contributed by atoms with Crippen LogP contribution >= 0.6 is 20.1 Å². The summed E-state index contributed by atoms with van der Waals surface area (Å²) >= 11 is 7.22. The highest BCUT2D eigenvalue weighted by atomic mass is 35.5. The molecule has 3 aromatic carbocycles. The van der Waals surface area contributed by atoms with Crippen molar-refractivity contribution in [2.75, 3.05) is 27.4 Å². The number of rotatable bonds is 31. The molecule has 8 aromatic rings. The van der Waals surface area contributed by atoms with Crippen molar-refractivity contribution in [3.05, 3.63) is 261 Å². The third kappa shape index (κ3) is 30.9. The Bertz CT molecular complexity index is 5950. The van der Waals surface area contributed by atoms with Crippen molar-refractivity contribution in [1.82, 2.24) is 52.4 Å². The average Bonchev–Trinajstić information content (AvgIpc) is 1.72. The number of ketones is 1. The first-order valence-electron chi connectivity index (χ1n) is 45.1. The number of Topliss-reactive ketones (excluding diaryl/α,β-unsaturated/α-hetero) is 1. The SMILES string of the molecule is CC[C@H]1O[C@@H](n2ccc(=O)[nH]c2=O)[C@@H](O)C1F.CC[C@H]1O[C@@H](n2ccc(=O)[nH]c2=O)[C@@H](OC(=O)CCC(=O)O)C1F.CC[C@H]1O[C@@H](n2ccc(=O)[nH]c2=O)[C@@H](OC(=O)CCC(C)=O)C1F.CC[C@H]1O[C@@H](n2ccc(=O)[nH]c2=O)[C@@H](OP(OCCC#N)N(C(C)C)C(C)C)C1F.COc1ccc(C(Cl)(c2ccccc2)c2ccc(OC)cc2)cc1.O=C1CCC(=O)O1.O=c1ccn([C@@H]2O[C@H](CO)C(F)[C@@H]2O)c(=O)[nH]1. The predicted molar refractivity (Wildman–Crippen MR) is 496 cm³/mol. The standard InChI is InChI=1S/C21H19ClO2.C19H30FN4O5P.C15H19FN2O6.C14H17FN2O7.C10H13FN2O4.C9H11FN2O5.C4H4O3/c1-23-19-12-8-17(9-13-19)21(22,16-6-4-3-5-7-16)18-10-14-20(24-2)15-11-18;1-6-14-16(20)17(18(28-14)23-10-8-15(25)22-19(23)26)29-30(27-11-7-9-21)24(12(2)3)13(4)5;1-3-9-12(16)13(24-11(21)5-4-8(2)19)14(23-9)18-7-6-10(20)17-15(18)22;1-2-7-11(15)12(24-10(21)4-3-9(19)20)13(23-7)17-6-5-8(18)16-14(17)22;1-2-5-7(11)8(15)9(17-5)13-4-3-6(14)12-10(13)16;10-6-4(3-13)17-8(7(6)15)12-2-1-5(14)11-9(12)16;5-3-1-2-4(6)7-3/h3-15H,1-2H3;8,10,12-14,16-18H,6-7,11H2,1-5H3,(H,22,25,26);6-7,9,12-14H,3-5H2,1-2H3,(H,17,20,22);5-7,11-13H,2-4H2,1H3,(H,19,20)(H,16,18,22);3-5,7-9,15H,2H2,1H3,(H,12,14,16);1-2,4,6-8,13,15H,3H2,(H,11,14,16);1-2H2/t;14-,16?,17+,18-,30?;9-,12?,13+,14-;7-,11?,12+,13-;5-,7?,8+,9-;4-,6?,7+,8-;/m.11111./s1. The molecule has 0 spiro atoms. The van der Waals surface area contributed by atoms with E-state index in [1.54, 1.807) is 41.9 Å². The zero-order valence-corrected chi connectivity index (χ0v) is 80.9. The molecule has 0 radical (unpaired) electrons. The van der Waals surface area contributed by atoms with Crippen LogP contribution in [0.3, 0.4) is 0 Å². The van der Waals surface area contributed by atoms with Crippen molar-refractivity contribution in [1.29, 1.82) is 5.26 Å². The van der Waals surface area contributed by atoms with E-state index in [9.17, 15) is 104 Å². The summed E-state index contributed by atoms with van der Waals surface area (Å²) < 4.78 is 142. The number of H-pyrrole nitrogens is 5. The lowest BCUT2D eigenvalue weighted by atomic mass is 9.84. The third-order valence-electron chi connectivity index (χ3n) is 22.3. The number of aliphatic hydroxyl groups excluding tert-OH is 3. The molecule has 0 amide bonds. The van der Waals surface area contributed by atoms with Gasteiger partial charge in [0.2, 0.25) is 0 Å². The Morgan fingerprint density at radius 1 is 0.476 bits per heavy atom. The van der Waals surface area contributed by atoms with Gasteiger partial charge in [-0.25, -0.2) is 50.6 Å².